The molecule has 0 saturated heterocycles. The average Bonchev–Trinajstić information content (AvgIpc) is 2.55. The number of carbonyl (C=O) groups is 1. The molecule has 98 valence electrons. The normalized spacial score (nSPS) is 23.5. The highest BCUT2D eigenvalue weighted by Gasteiger charge is 2.21. The fraction of sp³-hybridized carbons (Fsp3) is 0.700. The predicted octanol–water partition coefficient (Wildman–Crippen LogP) is -0.962. The zero-order chi connectivity index (χ0) is 12.9. The number of methoxy groups -OCH3 is 1. The van der Waals surface area contributed by atoms with E-state index in [0.717, 1.165) is 0 Å². The molecule has 0 saturated carbocycles. The molecule has 1 rings (SSSR count). The zero-order valence-corrected chi connectivity index (χ0v) is 10.8. The number of hydrogen-bond acceptors (Lipinski definition) is 5. The lowest BCUT2D eigenvalue weighted by Gasteiger charge is -2.14. The Kier molecular flexibility index (Phi) is 5.10. The summed E-state index contributed by atoms with van der Waals surface area (Å²) in [6.07, 6.45) is 1.56. The zero-order valence-electron chi connectivity index (χ0n) is 9.97. The van der Waals surface area contributed by atoms with E-state index in [0.29, 0.717) is 6.61 Å². The smallest absolute Gasteiger partial charge is 0.234 e. The second-order valence-corrected chi connectivity index (χ2v) is 6.00. The highest BCUT2D eigenvalue weighted by Crippen LogP contribution is 2.07. The van der Waals surface area contributed by atoms with Crippen LogP contribution in [0.25, 0.3) is 0 Å². The Bertz CT molecular complexity index is 391. The average molecular weight is 262 g/mol. The maximum absolute atomic E-state index is 11.4. The van der Waals surface area contributed by atoms with E-state index in [1.807, 2.05) is 6.92 Å². The summed E-state index contributed by atoms with van der Waals surface area (Å²) in [6, 6.07) is -0.333. The summed E-state index contributed by atoms with van der Waals surface area (Å²) in [7, 11) is -1.51. The van der Waals surface area contributed by atoms with Gasteiger partial charge in [0.05, 0.1) is 18.9 Å². The first-order chi connectivity index (χ1) is 7.93. The lowest BCUT2D eigenvalue weighted by molar-refractivity contribution is -0.121. The van der Waals surface area contributed by atoms with E-state index in [1.54, 1.807) is 13.2 Å². The van der Waals surface area contributed by atoms with Crippen molar-refractivity contribution < 1.29 is 17.9 Å². The standard InChI is InChI=1S/C10H18N2O4S/c1-8(6-16-2)12-10(13)5-11-9-3-4-17(14,15)7-9/h3-4,8-9,11H,5-7H2,1-2H3,(H,12,13). The largest absolute Gasteiger partial charge is 0.383 e. The molecule has 0 aromatic carbocycles. The molecule has 0 bridgehead atoms. The van der Waals surface area contributed by atoms with Crippen molar-refractivity contribution in [2.45, 2.75) is 19.0 Å². The predicted molar refractivity (Wildman–Crippen MR) is 64.2 cm³/mol. The number of sulfone groups is 1. The van der Waals surface area contributed by atoms with Gasteiger partial charge in [0.2, 0.25) is 5.91 Å². The maximum atomic E-state index is 11.4. The molecule has 0 aromatic heterocycles. The van der Waals surface area contributed by atoms with Crippen molar-refractivity contribution >= 4 is 15.7 Å². The lowest BCUT2D eigenvalue weighted by Crippen LogP contribution is -2.43. The Hall–Kier alpha value is -0.920. The van der Waals surface area contributed by atoms with E-state index >= 15 is 0 Å². The van der Waals surface area contributed by atoms with Crippen LogP contribution in [0.15, 0.2) is 11.5 Å². The molecule has 0 radical (unpaired) electrons. The number of rotatable bonds is 6. The molecule has 7 heteroatoms. The molecule has 0 spiro atoms. The minimum Gasteiger partial charge on any atom is -0.383 e. The number of amides is 1. The Balaban J connectivity index is 2.23. The van der Waals surface area contributed by atoms with E-state index in [1.165, 1.54) is 5.41 Å². The molecule has 17 heavy (non-hydrogen) atoms. The summed E-state index contributed by atoms with van der Waals surface area (Å²) in [5.74, 6) is -0.152. The van der Waals surface area contributed by atoms with Crippen LogP contribution in [-0.2, 0) is 19.4 Å². The van der Waals surface area contributed by atoms with Crippen LogP contribution in [0.5, 0.6) is 0 Å². The second-order valence-electron chi connectivity index (χ2n) is 4.07. The van der Waals surface area contributed by atoms with E-state index in [9.17, 15) is 13.2 Å². The molecule has 0 aliphatic carbocycles. The lowest BCUT2D eigenvalue weighted by atomic mass is 10.3. The van der Waals surface area contributed by atoms with Crippen molar-refractivity contribution in [3.63, 3.8) is 0 Å². The van der Waals surface area contributed by atoms with Crippen LogP contribution in [0, 0.1) is 0 Å². The van der Waals surface area contributed by atoms with Crippen molar-refractivity contribution in [1.29, 1.82) is 0 Å². The van der Waals surface area contributed by atoms with E-state index in [2.05, 4.69) is 10.6 Å². The van der Waals surface area contributed by atoms with E-state index < -0.39 is 9.84 Å². The molecule has 2 atom stereocenters. The third kappa shape index (κ3) is 5.29. The van der Waals surface area contributed by atoms with Gasteiger partial charge in [-0.25, -0.2) is 8.42 Å². The van der Waals surface area contributed by atoms with Gasteiger partial charge in [0.1, 0.15) is 0 Å². The number of carbonyl (C=O) groups excluding carboxylic acids is 1. The molecule has 1 aliphatic rings. The van der Waals surface area contributed by atoms with Crippen molar-refractivity contribution in [3.8, 4) is 0 Å². The van der Waals surface area contributed by atoms with Crippen molar-refractivity contribution in [2.75, 3.05) is 26.0 Å². The molecule has 1 aliphatic heterocycles. The molecule has 6 nitrogen and oxygen atoms in total. The molecule has 2 unspecified atom stereocenters. The van der Waals surface area contributed by atoms with Crippen LogP contribution in [0.1, 0.15) is 6.92 Å². The summed E-state index contributed by atoms with van der Waals surface area (Å²) in [5.41, 5.74) is 0. The number of ether oxygens (including phenoxy) is 1. The summed E-state index contributed by atoms with van der Waals surface area (Å²) in [5, 5.41) is 6.77. The van der Waals surface area contributed by atoms with Crippen molar-refractivity contribution in [2.24, 2.45) is 0 Å². The van der Waals surface area contributed by atoms with Gasteiger partial charge in [-0.2, -0.15) is 0 Å². The molecular formula is C10H18N2O4S. The number of nitrogens with one attached hydrogen (secondary N) is 2. The summed E-state index contributed by atoms with van der Waals surface area (Å²) in [4.78, 5) is 11.4. The summed E-state index contributed by atoms with van der Waals surface area (Å²) < 4.78 is 27.1. The van der Waals surface area contributed by atoms with Gasteiger partial charge in [-0.1, -0.05) is 6.08 Å². The van der Waals surface area contributed by atoms with Crippen molar-refractivity contribution in [1.82, 2.24) is 10.6 Å². The first kappa shape index (κ1) is 14.1. The first-order valence-electron chi connectivity index (χ1n) is 5.35. The highest BCUT2D eigenvalue weighted by atomic mass is 32.2. The number of hydrogen-bond donors (Lipinski definition) is 2. The van der Waals surface area contributed by atoms with Crippen LogP contribution >= 0.6 is 0 Å². The van der Waals surface area contributed by atoms with Gasteiger partial charge in [-0.3, -0.25) is 4.79 Å². The Morgan fingerprint density at radius 2 is 2.29 bits per heavy atom. The van der Waals surface area contributed by atoms with Gasteiger partial charge in [0, 0.05) is 24.6 Å². The van der Waals surface area contributed by atoms with Crippen LogP contribution in [0.3, 0.4) is 0 Å². The summed E-state index contributed by atoms with van der Waals surface area (Å²) >= 11 is 0. The fourth-order valence-corrected chi connectivity index (χ4v) is 2.81. The van der Waals surface area contributed by atoms with Gasteiger partial charge in [0.15, 0.2) is 9.84 Å². The topological polar surface area (TPSA) is 84.5 Å². The van der Waals surface area contributed by atoms with Crippen LogP contribution < -0.4 is 10.6 Å². The Morgan fingerprint density at radius 1 is 1.59 bits per heavy atom. The van der Waals surface area contributed by atoms with Gasteiger partial charge >= 0.3 is 0 Å². The second kappa shape index (κ2) is 6.13. The van der Waals surface area contributed by atoms with Crippen LogP contribution in [0.4, 0.5) is 0 Å². The fourth-order valence-electron chi connectivity index (χ4n) is 1.54. The van der Waals surface area contributed by atoms with E-state index in [4.69, 9.17) is 4.74 Å². The van der Waals surface area contributed by atoms with Crippen LogP contribution in [0.2, 0.25) is 0 Å². The Morgan fingerprint density at radius 3 is 2.82 bits per heavy atom. The molecule has 1 amide bonds. The summed E-state index contributed by atoms with van der Waals surface area (Å²) in [6.45, 7) is 2.38. The minimum atomic E-state index is -3.07. The SMILES string of the molecule is COCC(C)NC(=O)CNC1C=CS(=O)(=O)C1. The molecule has 0 fully saturated rings. The minimum absolute atomic E-state index is 0.0217. The van der Waals surface area contributed by atoms with Gasteiger partial charge in [0.25, 0.3) is 0 Å². The first-order valence-corrected chi connectivity index (χ1v) is 7.07. The molecule has 1 heterocycles. The highest BCUT2D eigenvalue weighted by molar-refractivity contribution is 7.94. The Labute approximate surface area is 101 Å². The molecular weight excluding hydrogens is 244 g/mol. The van der Waals surface area contributed by atoms with Crippen molar-refractivity contribution in [3.05, 3.63) is 11.5 Å². The van der Waals surface area contributed by atoms with Gasteiger partial charge in [-0.15, -0.1) is 0 Å². The molecule has 2 N–H and O–H groups in total. The van der Waals surface area contributed by atoms with E-state index in [-0.39, 0.29) is 30.3 Å². The third-order valence-electron chi connectivity index (χ3n) is 2.28. The molecule has 0 aromatic rings. The third-order valence-corrected chi connectivity index (χ3v) is 3.67. The van der Waals surface area contributed by atoms with Gasteiger partial charge in [-0.05, 0) is 6.92 Å². The quantitative estimate of drug-likeness (QED) is 0.644. The monoisotopic (exact) mass is 262 g/mol. The van der Waals surface area contributed by atoms with Crippen LogP contribution in [-0.4, -0.2) is 52.4 Å². The maximum Gasteiger partial charge on any atom is 0.234 e. The van der Waals surface area contributed by atoms with Gasteiger partial charge < -0.3 is 15.4 Å².